The van der Waals surface area contributed by atoms with Crippen molar-refractivity contribution in [2.75, 3.05) is 31.2 Å². The van der Waals surface area contributed by atoms with Gasteiger partial charge in [-0.2, -0.15) is 5.10 Å². The lowest BCUT2D eigenvalue weighted by atomic mass is 10.2. The van der Waals surface area contributed by atoms with Crippen molar-refractivity contribution < 1.29 is 4.74 Å². The number of aliphatic imine (C=N–C) groups is 1. The number of allylic oxidation sites excluding steroid dienone is 1. The van der Waals surface area contributed by atoms with Crippen LogP contribution in [0.4, 0.5) is 5.82 Å². The zero-order valence-corrected chi connectivity index (χ0v) is 16.8. The molecule has 3 heterocycles. The standard InChI is InChI=1S/C20H25N5OS/c1-14-4-6-17(7-5-14)27-20-21-13-15(2)19(24-8-10-26-11-9-24)25(20)18-12-16(3)22-23-18/h4-7,12-13,20H,8-11H2,1-3H3,(H,22,23). The average molecular weight is 384 g/mol. The fourth-order valence-electron chi connectivity index (χ4n) is 3.34. The van der Waals surface area contributed by atoms with Gasteiger partial charge in [0.05, 0.1) is 13.2 Å². The maximum atomic E-state index is 5.56. The summed E-state index contributed by atoms with van der Waals surface area (Å²) in [5, 5.41) is 7.62. The molecule has 0 spiro atoms. The smallest absolute Gasteiger partial charge is 0.179 e. The first-order valence-electron chi connectivity index (χ1n) is 9.23. The van der Waals surface area contributed by atoms with E-state index in [0.29, 0.717) is 0 Å². The summed E-state index contributed by atoms with van der Waals surface area (Å²) < 4.78 is 5.56. The lowest BCUT2D eigenvalue weighted by molar-refractivity contribution is 0.0518. The van der Waals surface area contributed by atoms with Crippen LogP contribution in [0.1, 0.15) is 18.2 Å². The van der Waals surface area contributed by atoms with Crippen LogP contribution in [0.15, 0.2) is 51.6 Å². The number of rotatable bonds is 4. The molecular weight excluding hydrogens is 358 g/mol. The molecule has 7 heteroatoms. The van der Waals surface area contributed by atoms with Crippen molar-refractivity contribution in [1.82, 2.24) is 15.1 Å². The average Bonchev–Trinajstić information content (AvgIpc) is 3.11. The highest BCUT2D eigenvalue weighted by molar-refractivity contribution is 8.00. The van der Waals surface area contributed by atoms with E-state index in [4.69, 9.17) is 9.73 Å². The summed E-state index contributed by atoms with van der Waals surface area (Å²) in [6, 6.07) is 10.7. The molecule has 0 aliphatic carbocycles. The van der Waals surface area contributed by atoms with E-state index in [0.717, 1.165) is 43.4 Å². The number of ether oxygens (including phenoxy) is 1. The van der Waals surface area contributed by atoms with Crippen molar-refractivity contribution in [1.29, 1.82) is 0 Å². The normalized spacial score (nSPS) is 20.5. The van der Waals surface area contributed by atoms with E-state index in [-0.39, 0.29) is 5.50 Å². The molecule has 1 aromatic heterocycles. The minimum Gasteiger partial charge on any atom is -0.378 e. The van der Waals surface area contributed by atoms with E-state index in [1.54, 1.807) is 11.8 Å². The predicted octanol–water partition coefficient (Wildman–Crippen LogP) is 3.56. The molecule has 1 atom stereocenters. The highest BCUT2D eigenvalue weighted by Crippen LogP contribution is 2.36. The molecule has 2 aliphatic heterocycles. The number of aryl methyl sites for hydroxylation is 2. The van der Waals surface area contributed by atoms with Gasteiger partial charge in [-0.3, -0.25) is 15.0 Å². The van der Waals surface area contributed by atoms with Crippen molar-refractivity contribution in [3.05, 3.63) is 53.0 Å². The van der Waals surface area contributed by atoms with Gasteiger partial charge in [-0.1, -0.05) is 29.5 Å². The molecule has 0 radical (unpaired) electrons. The van der Waals surface area contributed by atoms with Gasteiger partial charge in [-0.15, -0.1) is 0 Å². The van der Waals surface area contributed by atoms with Gasteiger partial charge >= 0.3 is 0 Å². The summed E-state index contributed by atoms with van der Waals surface area (Å²) in [4.78, 5) is 10.7. The van der Waals surface area contributed by atoms with Gasteiger partial charge in [0.15, 0.2) is 11.3 Å². The minimum atomic E-state index is -0.100. The summed E-state index contributed by atoms with van der Waals surface area (Å²) in [5.41, 5.74) is 3.35. The third-order valence-corrected chi connectivity index (χ3v) is 5.80. The van der Waals surface area contributed by atoms with Gasteiger partial charge in [0, 0.05) is 41.5 Å². The van der Waals surface area contributed by atoms with Crippen molar-refractivity contribution >= 4 is 23.8 Å². The van der Waals surface area contributed by atoms with E-state index < -0.39 is 0 Å². The Morgan fingerprint density at radius 3 is 2.52 bits per heavy atom. The van der Waals surface area contributed by atoms with Crippen LogP contribution >= 0.6 is 11.8 Å². The summed E-state index contributed by atoms with van der Waals surface area (Å²) in [5.74, 6) is 2.07. The zero-order chi connectivity index (χ0) is 18.8. The maximum Gasteiger partial charge on any atom is 0.179 e. The van der Waals surface area contributed by atoms with Crippen LogP contribution in [-0.4, -0.2) is 53.1 Å². The van der Waals surface area contributed by atoms with Crippen LogP contribution in [0.5, 0.6) is 0 Å². The highest BCUT2D eigenvalue weighted by atomic mass is 32.2. The lowest BCUT2D eigenvalue weighted by Gasteiger charge is -2.41. The number of anilines is 1. The number of nitrogens with one attached hydrogen (secondary N) is 1. The monoisotopic (exact) mass is 383 g/mol. The molecule has 4 rings (SSSR count). The van der Waals surface area contributed by atoms with Crippen molar-refractivity contribution in [2.24, 2.45) is 4.99 Å². The summed E-state index contributed by atoms with van der Waals surface area (Å²) in [6.45, 7) is 9.50. The Morgan fingerprint density at radius 2 is 1.85 bits per heavy atom. The Bertz CT molecular complexity index is 852. The minimum absolute atomic E-state index is 0.100. The Balaban J connectivity index is 1.69. The van der Waals surface area contributed by atoms with Gasteiger partial charge in [-0.05, 0) is 32.9 Å². The van der Waals surface area contributed by atoms with Crippen LogP contribution in [-0.2, 0) is 4.74 Å². The second kappa shape index (κ2) is 7.78. The van der Waals surface area contributed by atoms with Crippen LogP contribution in [0.2, 0.25) is 0 Å². The summed E-state index contributed by atoms with van der Waals surface area (Å²) in [6.07, 6.45) is 1.99. The molecule has 142 valence electrons. The van der Waals surface area contributed by atoms with E-state index in [1.165, 1.54) is 16.3 Å². The van der Waals surface area contributed by atoms with Crippen LogP contribution in [0, 0.1) is 13.8 Å². The number of thioether (sulfide) groups is 1. The number of hydrogen-bond donors (Lipinski definition) is 1. The first-order valence-corrected chi connectivity index (χ1v) is 10.1. The molecule has 2 aliphatic rings. The molecule has 2 aromatic rings. The lowest BCUT2D eigenvalue weighted by Crippen LogP contribution is -2.47. The summed E-state index contributed by atoms with van der Waals surface area (Å²) >= 11 is 1.74. The second-order valence-electron chi connectivity index (χ2n) is 6.92. The van der Waals surface area contributed by atoms with Crippen LogP contribution in [0.25, 0.3) is 0 Å². The van der Waals surface area contributed by atoms with Crippen molar-refractivity contribution in [3.8, 4) is 0 Å². The maximum absolute atomic E-state index is 5.56. The topological polar surface area (TPSA) is 56.8 Å². The van der Waals surface area contributed by atoms with Crippen LogP contribution < -0.4 is 4.90 Å². The van der Waals surface area contributed by atoms with Gasteiger partial charge in [0.25, 0.3) is 0 Å². The SMILES string of the molecule is CC1=C(N2CCOCC2)N(c2cc(C)[nH]n2)C(Sc2ccc(C)cc2)N=C1. The molecule has 0 bridgehead atoms. The Hall–Kier alpha value is -2.25. The number of morpholine rings is 1. The van der Waals surface area contributed by atoms with E-state index in [1.807, 2.05) is 13.1 Å². The quantitative estimate of drug-likeness (QED) is 0.875. The Morgan fingerprint density at radius 1 is 1.11 bits per heavy atom. The Labute approximate surface area is 164 Å². The fourth-order valence-corrected chi connectivity index (χ4v) is 4.31. The number of benzene rings is 1. The second-order valence-corrected chi connectivity index (χ2v) is 8.05. The predicted molar refractivity (Wildman–Crippen MR) is 110 cm³/mol. The molecule has 1 aromatic carbocycles. The first kappa shape index (κ1) is 18.1. The van der Waals surface area contributed by atoms with E-state index in [2.05, 4.69) is 64.2 Å². The fraction of sp³-hybridized carbons (Fsp3) is 0.400. The molecule has 0 amide bonds. The molecule has 1 fully saturated rings. The van der Waals surface area contributed by atoms with Gasteiger partial charge < -0.3 is 9.64 Å². The Kier molecular flexibility index (Phi) is 5.22. The molecule has 0 saturated carbocycles. The summed E-state index contributed by atoms with van der Waals surface area (Å²) in [7, 11) is 0. The van der Waals surface area contributed by atoms with Gasteiger partial charge in [0.2, 0.25) is 0 Å². The third-order valence-electron chi connectivity index (χ3n) is 4.71. The van der Waals surface area contributed by atoms with Gasteiger partial charge in [-0.25, -0.2) is 0 Å². The van der Waals surface area contributed by atoms with Gasteiger partial charge in [0.1, 0.15) is 5.82 Å². The van der Waals surface area contributed by atoms with Crippen molar-refractivity contribution in [2.45, 2.75) is 31.2 Å². The number of nitrogens with zero attached hydrogens (tertiary/aromatic N) is 4. The van der Waals surface area contributed by atoms with E-state index in [9.17, 15) is 0 Å². The van der Waals surface area contributed by atoms with E-state index >= 15 is 0 Å². The molecule has 1 saturated heterocycles. The number of H-pyrrole nitrogens is 1. The zero-order valence-electron chi connectivity index (χ0n) is 16.0. The number of aromatic amines is 1. The molecule has 1 unspecified atom stereocenters. The molecule has 1 N–H and O–H groups in total. The van der Waals surface area contributed by atoms with Crippen LogP contribution in [0.3, 0.4) is 0 Å². The van der Waals surface area contributed by atoms with Crippen molar-refractivity contribution in [3.63, 3.8) is 0 Å². The number of hydrogen-bond acceptors (Lipinski definition) is 6. The molecule has 27 heavy (non-hydrogen) atoms. The molecular formula is C20H25N5OS. The number of aromatic nitrogens is 2. The first-order chi connectivity index (χ1) is 13.1. The largest absolute Gasteiger partial charge is 0.378 e. The third kappa shape index (κ3) is 3.89. The highest BCUT2D eigenvalue weighted by Gasteiger charge is 2.32. The molecule has 6 nitrogen and oxygen atoms in total.